The highest BCUT2D eigenvalue weighted by Crippen LogP contribution is 2.20. The number of rotatable bonds is 7. The van der Waals surface area contributed by atoms with Crippen LogP contribution < -0.4 is 10.1 Å². The van der Waals surface area contributed by atoms with E-state index in [1.54, 1.807) is 18.2 Å². The van der Waals surface area contributed by atoms with E-state index < -0.39 is 5.97 Å². The lowest BCUT2D eigenvalue weighted by Gasteiger charge is -2.15. The zero-order chi connectivity index (χ0) is 15.8. The fraction of sp³-hybridized carbons (Fsp3) is 0.500. The molecule has 1 amide bonds. The van der Waals surface area contributed by atoms with E-state index in [2.05, 4.69) is 10.1 Å². The van der Waals surface area contributed by atoms with Crippen LogP contribution in [0.2, 0.25) is 0 Å². The minimum absolute atomic E-state index is 0.0675. The Morgan fingerprint density at radius 1 is 1.24 bits per heavy atom. The summed E-state index contributed by atoms with van der Waals surface area (Å²) in [6.45, 7) is 5.84. The molecule has 1 aromatic rings. The highest BCUT2D eigenvalue weighted by atomic mass is 16.5. The van der Waals surface area contributed by atoms with Crippen LogP contribution in [0.15, 0.2) is 18.2 Å². The molecule has 0 aliphatic heterocycles. The number of carbonyl (C=O) groups excluding carboxylic acids is 2. The van der Waals surface area contributed by atoms with Gasteiger partial charge in [0.15, 0.2) is 6.61 Å². The largest absolute Gasteiger partial charge is 0.483 e. The van der Waals surface area contributed by atoms with Crippen molar-refractivity contribution < 1.29 is 19.1 Å². The maximum Gasteiger partial charge on any atom is 0.337 e. The predicted octanol–water partition coefficient (Wildman–Crippen LogP) is 2.47. The fourth-order valence-electron chi connectivity index (χ4n) is 1.91. The quantitative estimate of drug-likeness (QED) is 0.784. The van der Waals surface area contributed by atoms with E-state index in [0.29, 0.717) is 11.3 Å². The van der Waals surface area contributed by atoms with Gasteiger partial charge in [-0.15, -0.1) is 0 Å². The number of esters is 1. The number of hydrogen-bond donors (Lipinski definition) is 1. The van der Waals surface area contributed by atoms with Crippen molar-refractivity contribution in [2.45, 2.75) is 39.7 Å². The van der Waals surface area contributed by atoms with Crippen molar-refractivity contribution in [3.8, 4) is 5.75 Å². The molecular weight excluding hydrogens is 270 g/mol. The Kier molecular flexibility index (Phi) is 6.72. The molecule has 0 saturated carbocycles. The van der Waals surface area contributed by atoms with Crippen LogP contribution in [0.25, 0.3) is 0 Å². The number of nitrogens with one attached hydrogen (secondary N) is 1. The molecule has 0 atom stereocenters. The molecule has 1 N–H and O–H groups in total. The van der Waals surface area contributed by atoms with Crippen molar-refractivity contribution in [1.82, 2.24) is 5.32 Å². The Hall–Kier alpha value is -2.04. The summed E-state index contributed by atoms with van der Waals surface area (Å²) in [7, 11) is 1.33. The van der Waals surface area contributed by atoms with Crippen LogP contribution in [0.5, 0.6) is 5.75 Å². The second-order valence-electron chi connectivity index (χ2n) is 4.84. The van der Waals surface area contributed by atoms with Crippen LogP contribution >= 0.6 is 0 Å². The molecule has 0 spiro atoms. The van der Waals surface area contributed by atoms with Crippen LogP contribution in [0.1, 0.15) is 42.6 Å². The maximum atomic E-state index is 11.8. The summed E-state index contributed by atoms with van der Waals surface area (Å²) < 4.78 is 10.2. The molecule has 0 aromatic heterocycles. The second-order valence-corrected chi connectivity index (χ2v) is 4.84. The molecule has 5 nitrogen and oxygen atoms in total. The van der Waals surface area contributed by atoms with Gasteiger partial charge in [0.05, 0.1) is 12.7 Å². The third-order valence-electron chi connectivity index (χ3n) is 3.32. The summed E-state index contributed by atoms with van der Waals surface area (Å²) in [5.74, 6) is -0.0782. The molecule has 0 aliphatic rings. The number of carbonyl (C=O) groups is 2. The van der Waals surface area contributed by atoms with E-state index in [1.807, 2.05) is 20.8 Å². The molecule has 1 rings (SSSR count). The van der Waals surface area contributed by atoms with Gasteiger partial charge in [-0.2, -0.15) is 0 Å². The zero-order valence-electron chi connectivity index (χ0n) is 13.1. The summed E-state index contributed by atoms with van der Waals surface area (Å²) in [4.78, 5) is 23.3. The molecule has 0 heterocycles. The van der Waals surface area contributed by atoms with Gasteiger partial charge in [0.2, 0.25) is 0 Å². The zero-order valence-corrected chi connectivity index (χ0v) is 13.1. The summed E-state index contributed by atoms with van der Waals surface area (Å²) in [5, 5.41) is 2.90. The molecule has 0 bridgehead atoms. The minimum atomic E-state index is -0.429. The van der Waals surface area contributed by atoms with E-state index in [0.717, 1.165) is 18.4 Å². The van der Waals surface area contributed by atoms with Gasteiger partial charge in [-0.3, -0.25) is 4.79 Å². The Morgan fingerprint density at radius 2 is 1.90 bits per heavy atom. The first kappa shape index (κ1) is 17.0. The monoisotopic (exact) mass is 293 g/mol. The molecule has 0 radical (unpaired) electrons. The number of methoxy groups -OCH3 is 1. The number of benzene rings is 1. The van der Waals surface area contributed by atoms with Crippen molar-refractivity contribution in [3.05, 3.63) is 29.3 Å². The van der Waals surface area contributed by atoms with Crippen LogP contribution in [-0.2, 0) is 9.53 Å². The van der Waals surface area contributed by atoms with E-state index in [4.69, 9.17) is 4.74 Å². The van der Waals surface area contributed by atoms with Gasteiger partial charge < -0.3 is 14.8 Å². The van der Waals surface area contributed by atoms with Crippen LogP contribution in [0.4, 0.5) is 0 Å². The SMILES string of the molecule is CCC(CC)NC(=O)COc1cc(C(=O)OC)ccc1C. The molecule has 116 valence electrons. The molecule has 0 saturated heterocycles. The lowest BCUT2D eigenvalue weighted by Crippen LogP contribution is -2.37. The highest BCUT2D eigenvalue weighted by molar-refractivity contribution is 5.90. The normalized spacial score (nSPS) is 10.3. The third kappa shape index (κ3) is 5.10. The van der Waals surface area contributed by atoms with E-state index in [9.17, 15) is 9.59 Å². The average molecular weight is 293 g/mol. The molecule has 0 fully saturated rings. The van der Waals surface area contributed by atoms with E-state index in [-0.39, 0.29) is 18.6 Å². The van der Waals surface area contributed by atoms with Crippen LogP contribution in [0.3, 0.4) is 0 Å². The molecule has 1 aromatic carbocycles. The van der Waals surface area contributed by atoms with Gasteiger partial charge in [0.25, 0.3) is 5.91 Å². The van der Waals surface area contributed by atoms with Gasteiger partial charge in [-0.25, -0.2) is 4.79 Å². The van der Waals surface area contributed by atoms with Crippen molar-refractivity contribution in [1.29, 1.82) is 0 Å². The Morgan fingerprint density at radius 3 is 2.48 bits per heavy atom. The first-order valence-electron chi connectivity index (χ1n) is 7.12. The molecular formula is C16H23NO4. The Labute approximate surface area is 125 Å². The van der Waals surface area contributed by atoms with Crippen molar-refractivity contribution in [2.24, 2.45) is 0 Å². The van der Waals surface area contributed by atoms with Gasteiger partial charge in [0, 0.05) is 6.04 Å². The van der Waals surface area contributed by atoms with Gasteiger partial charge in [-0.1, -0.05) is 19.9 Å². The fourth-order valence-corrected chi connectivity index (χ4v) is 1.91. The smallest absolute Gasteiger partial charge is 0.337 e. The van der Waals surface area contributed by atoms with E-state index in [1.165, 1.54) is 7.11 Å². The minimum Gasteiger partial charge on any atom is -0.483 e. The molecule has 5 heteroatoms. The average Bonchev–Trinajstić information content (AvgIpc) is 2.50. The molecule has 21 heavy (non-hydrogen) atoms. The van der Waals surface area contributed by atoms with Gasteiger partial charge in [0.1, 0.15) is 5.75 Å². The van der Waals surface area contributed by atoms with Crippen molar-refractivity contribution in [3.63, 3.8) is 0 Å². The van der Waals surface area contributed by atoms with E-state index >= 15 is 0 Å². The van der Waals surface area contributed by atoms with Crippen molar-refractivity contribution in [2.75, 3.05) is 13.7 Å². The first-order chi connectivity index (χ1) is 10.0. The number of amides is 1. The second kappa shape index (κ2) is 8.29. The Balaban J connectivity index is 2.66. The topological polar surface area (TPSA) is 64.6 Å². The highest BCUT2D eigenvalue weighted by Gasteiger charge is 2.12. The molecule has 0 unspecified atom stereocenters. The predicted molar refractivity (Wildman–Crippen MR) is 80.5 cm³/mol. The Bertz CT molecular complexity index is 495. The maximum absolute atomic E-state index is 11.8. The summed E-state index contributed by atoms with van der Waals surface area (Å²) in [6.07, 6.45) is 1.78. The standard InChI is InChI=1S/C16H23NO4/c1-5-13(6-2)17-15(18)10-21-14-9-12(16(19)20-4)8-7-11(14)3/h7-9,13H,5-6,10H2,1-4H3,(H,17,18). The van der Waals surface area contributed by atoms with Gasteiger partial charge >= 0.3 is 5.97 Å². The number of hydrogen-bond acceptors (Lipinski definition) is 4. The third-order valence-corrected chi connectivity index (χ3v) is 3.32. The summed E-state index contributed by atoms with van der Waals surface area (Å²) >= 11 is 0. The lowest BCUT2D eigenvalue weighted by molar-refractivity contribution is -0.123. The van der Waals surface area contributed by atoms with Crippen LogP contribution in [0, 0.1) is 6.92 Å². The summed E-state index contributed by atoms with van der Waals surface area (Å²) in [6, 6.07) is 5.19. The number of aryl methyl sites for hydroxylation is 1. The van der Waals surface area contributed by atoms with Gasteiger partial charge in [-0.05, 0) is 37.5 Å². The van der Waals surface area contributed by atoms with Crippen molar-refractivity contribution >= 4 is 11.9 Å². The molecule has 0 aliphatic carbocycles. The summed E-state index contributed by atoms with van der Waals surface area (Å²) in [5.41, 5.74) is 1.26. The first-order valence-corrected chi connectivity index (χ1v) is 7.12. The lowest BCUT2D eigenvalue weighted by atomic mass is 10.1. The number of ether oxygens (including phenoxy) is 2. The van der Waals surface area contributed by atoms with Crippen LogP contribution in [-0.4, -0.2) is 31.6 Å².